The van der Waals surface area contributed by atoms with Crippen molar-refractivity contribution in [2.24, 2.45) is 17.6 Å². The van der Waals surface area contributed by atoms with E-state index in [4.69, 9.17) is 10.5 Å². The molecular weight excluding hydrogens is 222 g/mol. The van der Waals surface area contributed by atoms with Gasteiger partial charge in [0.15, 0.2) is 0 Å². The van der Waals surface area contributed by atoms with Crippen LogP contribution >= 0.6 is 0 Å². The van der Waals surface area contributed by atoms with Gasteiger partial charge in [-0.1, -0.05) is 38.1 Å². The number of nitrogens with two attached hydrogens (primary N) is 1. The lowest BCUT2D eigenvalue weighted by molar-refractivity contribution is 0.118. The summed E-state index contributed by atoms with van der Waals surface area (Å²) in [7, 11) is 0. The van der Waals surface area contributed by atoms with E-state index in [1.54, 1.807) is 0 Å². The number of ether oxygens (including phenoxy) is 1. The van der Waals surface area contributed by atoms with Crippen molar-refractivity contribution >= 4 is 0 Å². The van der Waals surface area contributed by atoms with Crippen molar-refractivity contribution in [2.75, 3.05) is 6.61 Å². The second-order valence-electron chi connectivity index (χ2n) is 6.01. The van der Waals surface area contributed by atoms with Crippen LogP contribution in [-0.2, 0) is 11.2 Å². The summed E-state index contributed by atoms with van der Waals surface area (Å²) in [6.07, 6.45) is 2.58. The summed E-state index contributed by atoms with van der Waals surface area (Å²) < 4.78 is 5.60. The highest BCUT2D eigenvalue weighted by Gasteiger charge is 2.28. The summed E-state index contributed by atoms with van der Waals surface area (Å²) in [5.41, 5.74) is 8.97. The van der Waals surface area contributed by atoms with E-state index in [1.165, 1.54) is 11.1 Å². The maximum atomic E-state index is 6.33. The topological polar surface area (TPSA) is 35.2 Å². The highest BCUT2D eigenvalue weighted by molar-refractivity contribution is 5.25. The second-order valence-corrected chi connectivity index (χ2v) is 6.01. The van der Waals surface area contributed by atoms with Gasteiger partial charge in [0.2, 0.25) is 0 Å². The van der Waals surface area contributed by atoms with Gasteiger partial charge in [-0.2, -0.15) is 0 Å². The Morgan fingerprint density at radius 3 is 2.44 bits per heavy atom. The van der Waals surface area contributed by atoms with Crippen molar-refractivity contribution in [2.45, 2.75) is 45.8 Å². The Balaban J connectivity index is 2.00. The molecule has 0 radical (unpaired) electrons. The summed E-state index contributed by atoms with van der Waals surface area (Å²) in [5, 5.41) is 0. The highest BCUT2D eigenvalue weighted by Crippen LogP contribution is 2.30. The molecule has 2 N–H and O–H groups in total. The van der Waals surface area contributed by atoms with E-state index >= 15 is 0 Å². The standard InChI is InChI=1S/C16H25NO/c1-11(2)8-13-4-6-14(7-5-13)16(17)15-9-12(3)18-10-15/h4-7,11-12,15-16H,8-10,17H2,1-3H3. The Morgan fingerprint density at radius 2 is 1.94 bits per heavy atom. The zero-order valence-electron chi connectivity index (χ0n) is 11.7. The minimum Gasteiger partial charge on any atom is -0.378 e. The third kappa shape index (κ3) is 3.33. The Morgan fingerprint density at radius 1 is 1.28 bits per heavy atom. The summed E-state index contributed by atoms with van der Waals surface area (Å²) in [6.45, 7) is 7.42. The zero-order valence-corrected chi connectivity index (χ0v) is 11.7. The first-order chi connectivity index (χ1) is 8.56. The summed E-state index contributed by atoms with van der Waals surface area (Å²) >= 11 is 0. The third-order valence-electron chi connectivity index (χ3n) is 3.75. The van der Waals surface area contributed by atoms with Gasteiger partial charge in [0.1, 0.15) is 0 Å². The largest absolute Gasteiger partial charge is 0.378 e. The van der Waals surface area contributed by atoms with Gasteiger partial charge < -0.3 is 10.5 Å². The molecule has 3 unspecified atom stereocenters. The predicted molar refractivity (Wildman–Crippen MR) is 75.4 cm³/mol. The molecule has 100 valence electrons. The molecule has 1 saturated heterocycles. The highest BCUT2D eigenvalue weighted by atomic mass is 16.5. The zero-order chi connectivity index (χ0) is 13.1. The molecule has 18 heavy (non-hydrogen) atoms. The fourth-order valence-corrected chi connectivity index (χ4v) is 2.72. The molecule has 2 rings (SSSR count). The smallest absolute Gasteiger partial charge is 0.0551 e. The van der Waals surface area contributed by atoms with Crippen molar-refractivity contribution in [1.82, 2.24) is 0 Å². The van der Waals surface area contributed by atoms with E-state index in [1.807, 2.05) is 0 Å². The van der Waals surface area contributed by atoms with Crippen LogP contribution < -0.4 is 5.73 Å². The molecule has 0 aromatic heterocycles. The second kappa shape index (κ2) is 5.85. The summed E-state index contributed by atoms with van der Waals surface area (Å²) in [5.74, 6) is 1.17. The SMILES string of the molecule is CC(C)Cc1ccc(C(N)C2COC(C)C2)cc1. The first-order valence-corrected chi connectivity index (χ1v) is 7.02. The fourth-order valence-electron chi connectivity index (χ4n) is 2.72. The van der Waals surface area contributed by atoms with Crippen LogP contribution in [0.2, 0.25) is 0 Å². The molecule has 1 aromatic rings. The molecule has 1 fully saturated rings. The van der Waals surface area contributed by atoms with Gasteiger partial charge in [-0.05, 0) is 36.8 Å². The molecule has 0 aliphatic carbocycles. The van der Waals surface area contributed by atoms with Crippen LogP contribution in [0.4, 0.5) is 0 Å². The minimum atomic E-state index is 0.114. The van der Waals surface area contributed by atoms with Crippen LogP contribution in [0, 0.1) is 11.8 Å². The lowest BCUT2D eigenvalue weighted by Gasteiger charge is -2.18. The molecule has 1 aromatic carbocycles. The van der Waals surface area contributed by atoms with Crippen molar-refractivity contribution in [3.63, 3.8) is 0 Å². The van der Waals surface area contributed by atoms with E-state index in [0.717, 1.165) is 19.4 Å². The summed E-state index contributed by atoms with van der Waals surface area (Å²) in [6, 6.07) is 8.92. The number of rotatable bonds is 4. The van der Waals surface area contributed by atoms with E-state index in [-0.39, 0.29) is 6.04 Å². The van der Waals surface area contributed by atoms with Crippen LogP contribution in [-0.4, -0.2) is 12.7 Å². The fraction of sp³-hybridized carbons (Fsp3) is 0.625. The molecule has 3 atom stereocenters. The summed E-state index contributed by atoms with van der Waals surface area (Å²) in [4.78, 5) is 0. The molecule has 2 heteroatoms. The molecular formula is C16H25NO. The van der Waals surface area contributed by atoms with E-state index in [9.17, 15) is 0 Å². The van der Waals surface area contributed by atoms with Crippen molar-refractivity contribution in [1.29, 1.82) is 0 Å². The maximum Gasteiger partial charge on any atom is 0.0551 e. The van der Waals surface area contributed by atoms with Crippen LogP contribution in [0.1, 0.15) is 44.4 Å². The van der Waals surface area contributed by atoms with E-state index in [0.29, 0.717) is 17.9 Å². The molecule has 2 nitrogen and oxygen atoms in total. The molecule has 0 saturated carbocycles. The number of hydrogen-bond donors (Lipinski definition) is 1. The maximum absolute atomic E-state index is 6.33. The van der Waals surface area contributed by atoms with Crippen LogP contribution in [0.3, 0.4) is 0 Å². The van der Waals surface area contributed by atoms with Crippen LogP contribution in [0.5, 0.6) is 0 Å². The van der Waals surface area contributed by atoms with E-state index < -0.39 is 0 Å². The molecule has 0 bridgehead atoms. The quantitative estimate of drug-likeness (QED) is 0.886. The lowest BCUT2D eigenvalue weighted by atomic mass is 9.91. The van der Waals surface area contributed by atoms with E-state index in [2.05, 4.69) is 45.0 Å². The average molecular weight is 247 g/mol. The Labute approximate surface area is 111 Å². The normalized spacial score (nSPS) is 25.6. The molecule has 1 aliphatic rings. The van der Waals surface area contributed by atoms with Crippen molar-refractivity contribution in [3.05, 3.63) is 35.4 Å². The molecule has 1 aliphatic heterocycles. The average Bonchev–Trinajstić information content (AvgIpc) is 2.75. The monoisotopic (exact) mass is 247 g/mol. The Kier molecular flexibility index (Phi) is 4.41. The lowest BCUT2D eigenvalue weighted by Crippen LogP contribution is -2.21. The third-order valence-corrected chi connectivity index (χ3v) is 3.75. The number of hydrogen-bond acceptors (Lipinski definition) is 2. The van der Waals surface area contributed by atoms with Crippen molar-refractivity contribution < 1.29 is 4.74 Å². The van der Waals surface area contributed by atoms with Crippen molar-refractivity contribution in [3.8, 4) is 0 Å². The molecule has 1 heterocycles. The van der Waals surface area contributed by atoms with Gasteiger partial charge in [-0.3, -0.25) is 0 Å². The van der Waals surface area contributed by atoms with Crippen LogP contribution in [0.15, 0.2) is 24.3 Å². The van der Waals surface area contributed by atoms with Gasteiger partial charge in [-0.25, -0.2) is 0 Å². The van der Waals surface area contributed by atoms with Gasteiger partial charge >= 0.3 is 0 Å². The van der Waals surface area contributed by atoms with Gasteiger partial charge in [0.05, 0.1) is 12.7 Å². The predicted octanol–water partition coefficient (Wildman–Crippen LogP) is 3.31. The van der Waals surface area contributed by atoms with Crippen LogP contribution in [0.25, 0.3) is 0 Å². The first-order valence-electron chi connectivity index (χ1n) is 7.02. The van der Waals surface area contributed by atoms with Gasteiger partial charge in [-0.15, -0.1) is 0 Å². The Bertz CT molecular complexity index is 371. The first kappa shape index (κ1) is 13.6. The molecule has 0 amide bonds. The van der Waals surface area contributed by atoms with Gasteiger partial charge in [0, 0.05) is 12.0 Å². The van der Waals surface area contributed by atoms with Gasteiger partial charge in [0.25, 0.3) is 0 Å². The minimum absolute atomic E-state index is 0.114. The molecule has 0 spiro atoms. The Hall–Kier alpha value is -0.860. The number of benzene rings is 1.